The average molecular weight is 579 g/mol. The number of anilines is 1. The van der Waals surface area contributed by atoms with Crippen LogP contribution in [0.5, 0.6) is 0 Å². The first-order chi connectivity index (χ1) is 18.9. The molecule has 4 aromatic carbocycles. The van der Waals surface area contributed by atoms with Crippen LogP contribution in [0.1, 0.15) is 46.8 Å². The standard InChI is InChI=1S/C32H32ClN3O3.ClH/c1-21(26-13-7-11-22-10-5-6-12-27(22)26)34-19-25-16-17-36(20-28(25)23-8-3-2-4-9-23)32(39)35-30-15-14-24(31(37)38)18-29(30)33;/h2-15,18,21,25,28,34H,16-17,19-20H2,1H3,(H,35,39)(H,37,38);1H/t21-,25?,28?;/m1./s1. The van der Waals surface area contributed by atoms with Crippen molar-refractivity contribution >= 4 is 52.5 Å². The number of halogens is 2. The van der Waals surface area contributed by atoms with Crippen LogP contribution < -0.4 is 10.6 Å². The van der Waals surface area contributed by atoms with Crippen LogP contribution in [0.4, 0.5) is 10.5 Å². The van der Waals surface area contributed by atoms with Gasteiger partial charge in [0.15, 0.2) is 0 Å². The first kappa shape index (κ1) is 29.4. The van der Waals surface area contributed by atoms with Crippen LogP contribution in [0.2, 0.25) is 5.02 Å². The van der Waals surface area contributed by atoms with Crippen LogP contribution in [0.25, 0.3) is 10.8 Å². The molecule has 3 atom stereocenters. The molecule has 4 aromatic rings. The summed E-state index contributed by atoms with van der Waals surface area (Å²) in [4.78, 5) is 26.3. The Kier molecular flexibility index (Phi) is 9.69. The van der Waals surface area contributed by atoms with E-state index in [0.29, 0.717) is 24.7 Å². The Morgan fingerprint density at radius 3 is 2.48 bits per heavy atom. The van der Waals surface area contributed by atoms with E-state index in [4.69, 9.17) is 11.6 Å². The van der Waals surface area contributed by atoms with Crippen LogP contribution in [0.15, 0.2) is 91.0 Å². The molecule has 5 rings (SSSR count). The number of amides is 2. The zero-order valence-corrected chi connectivity index (χ0v) is 23.8. The van der Waals surface area contributed by atoms with E-state index < -0.39 is 5.97 Å². The monoisotopic (exact) mass is 577 g/mol. The number of rotatable bonds is 7. The lowest BCUT2D eigenvalue weighted by atomic mass is 9.80. The Morgan fingerprint density at radius 1 is 1.00 bits per heavy atom. The molecule has 1 saturated heterocycles. The highest BCUT2D eigenvalue weighted by Gasteiger charge is 2.33. The van der Waals surface area contributed by atoms with Crippen LogP contribution in [-0.4, -0.2) is 41.6 Å². The quantitative estimate of drug-likeness (QED) is 0.211. The van der Waals surface area contributed by atoms with Crippen molar-refractivity contribution in [2.24, 2.45) is 5.92 Å². The van der Waals surface area contributed by atoms with Crippen molar-refractivity contribution in [2.75, 3.05) is 25.0 Å². The number of nitrogens with one attached hydrogen (secondary N) is 2. The van der Waals surface area contributed by atoms with Gasteiger partial charge in [-0.25, -0.2) is 9.59 Å². The molecular formula is C32H33Cl2N3O3. The summed E-state index contributed by atoms with van der Waals surface area (Å²) in [6.07, 6.45) is 0.855. The smallest absolute Gasteiger partial charge is 0.335 e. The second-order valence-electron chi connectivity index (χ2n) is 10.1. The van der Waals surface area contributed by atoms with E-state index in [0.717, 1.165) is 13.0 Å². The van der Waals surface area contributed by atoms with E-state index in [-0.39, 0.29) is 41.0 Å². The summed E-state index contributed by atoms with van der Waals surface area (Å²) in [5, 5.41) is 18.5. The minimum Gasteiger partial charge on any atom is -0.478 e. The van der Waals surface area contributed by atoms with Crippen molar-refractivity contribution in [2.45, 2.75) is 25.3 Å². The Bertz CT molecular complexity index is 1480. The predicted molar refractivity (Wildman–Crippen MR) is 164 cm³/mol. The molecule has 0 aromatic heterocycles. The molecule has 0 aliphatic carbocycles. The fraction of sp³-hybridized carbons (Fsp3) is 0.250. The molecule has 0 spiro atoms. The van der Waals surface area contributed by atoms with Crippen LogP contribution in [0.3, 0.4) is 0 Å². The summed E-state index contributed by atoms with van der Waals surface area (Å²) in [6.45, 7) is 4.24. The lowest BCUT2D eigenvalue weighted by molar-refractivity contribution is 0.0697. The number of carbonyl (C=O) groups is 2. The average Bonchev–Trinajstić information content (AvgIpc) is 2.96. The number of piperidine rings is 1. The second kappa shape index (κ2) is 13.2. The number of benzene rings is 4. The van der Waals surface area contributed by atoms with E-state index in [1.54, 1.807) is 0 Å². The number of likely N-dealkylation sites (tertiary alicyclic amines) is 1. The molecule has 6 nitrogen and oxygen atoms in total. The first-order valence-electron chi connectivity index (χ1n) is 13.3. The third-order valence-electron chi connectivity index (χ3n) is 7.70. The first-order valence-corrected chi connectivity index (χ1v) is 13.6. The van der Waals surface area contributed by atoms with Crippen LogP contribution >= 0.6 is 24.0 Å². The summed E-state index contributed by atoms with van der Waals surface area (Å²) in [6, 6.07) is 29.5. The highest BCUT2D eigenvalue weighted by molar-refractivity contribution is 6.34. The van der Waals surface area contributed by atoms with Gasteiger partial charge >= 0.3 is 12.0 Å². The molecule has 3 N–H and O–H groups in total. The van der Waals surface area contributed by atoms with Crippen molar-refractivity contribution < 1.29 is 14.7 Å². The Hall–Kier alpha value is -3.58. The summed E-state index contributed by atoms with van der Waals surface area (Å²) in [5.41, 5.74) is 2.97. The fourth-order valence-electron chi connectivity index (χ4n) is 5.52. The van der Waals surface area contributed by atoms with Crippen molar-refractivity contribution in [3.8, 4) is 0 Å². The molecule has 8 heteroatoms. The lowest BCUT2D eigenvalue weighted by Gasteiger charge is -2.39. The van der Waals surface area contributed by atoms with Gasteiger partial charge in [-0.3, -0.25) is 0 Å². The fourth-order valence-corrected chi connectivity index (χ4v) is 5.74. The van der Waals surface area contributed by atoms with E-state index in [2.05, 4.69) is 72.2 Å². The van der Waals surface area contributed by atoms with Gasteiger partial charge in [-0.2, -0.15) is 0 Å². The molecule has 1 aliphatic heterocycles. The number of aromatic carboxylic acids is 1. The maximum Gasteiger partial charge on any atom is 0.335 e. The summed E-state index contributed by atoms with van der Waals surface area (Å²) in [7, 11) is 0. The maximum absolute atomic E-state index is 13.2. The van der Waals surface area contributed by atoms with Gasteiger partial charge in [-0.05, 0) is 65.9 Å². The van der Waals surface area contributed by atoms with Gasteiger partial charge in [-0.15, -0.1) is 12.4 Å². The number of urea groups is 1. The maximum atomic E-state index is 13.2. The topological polar surface area (TPSA) is 81.7 Å². The van der Waals surface area contributed by atoms with Crippen LogP contribution in [0, 0.1) is 5.92 Å². The van der Waals surface area contributed by atoms with E-state index in [9.17, 15) is 14.7 Å². The number of carboxylic acid groups (broad SMARTS) is 1. The summed E-state index contributed by atoms with van der Waals surface area (Å²) in [5.74, 6) is -0.541. The number of carboxylic acids is 1. The number of nitrogens with zero attached hydrogens (tertiary/aromatic N) is 1. The number of carbonyl (C=O) groups excluding carboxylic acids is 1. The van der Waals surface area contributed by atoms with E-state index >= 15 is 0 Å². The van der Waals surface area contributed by atoms with E-state index in [1.165, 1.54) is 40.1 Å². The van der Waals surface area contributed by atoms with Gasteiger partial charge in [0.05, 0.1) is 16.3 Å². The molecule has 1 heterocycles. The van der Waals surface area contributed by atoms with Crippen LogP contribution in [-0.2, 0) is 0 Å². The molecule has 2 amide bonds. The Labute approximate surface area is 245 Å². The zero-order valence-electron chi connectivity index (χ0n) is 22.2. The minimum atomic E-state index is -1.06. The molecule has 0 saturated carbocycles. The van der Waals surface area contributed by atoms with Gasteiger partial charge in [-0.1, -0.05) is 84.4 Å². The van der Waals surface area contributed by atoms with Gasteiger partial charge in [0.2, 0.25) is 0 Å². The molecule has 0 bridgehead atoms. The second-order valence-corrected chi connectivity index (χ2v) is 10.5. The zero-order chi connectivity index (χ0) is 27.4. The Balaban J connectivity index is 0.00000370. The third-order valence-corrected chi connectivity index (χ3v) is 8.02. The lowest BCUT2D eigenvalue weighted by Crippen LogP contribution is -2.47. The molecular weight excluding hydrogens is 545 g/mol. The highest BCUT2D eigenvalue weighted by Crippen LogP contribution is 2.34. The van der Waals surface area contributed by atoms with Crippen molar-refractivity contribution in [1.29, 1.82) is 0 Å². The minimum absolute atomic E-state index is 0. The van der Waals surface area contributed by atoms with Crippen molar-refractivity contribution in [3.63, 3.8) is 0 Å². The largest absolute Gasteiger partial charge is 0.478 e. The van der Waals surface area contributed by atoms with Crippen molar-refractivity contribution in [3.05, 3.63) is 113 Å². The predicted octanol–water partition coefficient (Wildman–Crippen LogP) is 7.60. The molecule has 40 heavy (non-hydrogen) atoms. The van der Waals surface area contributed by atoms with Gasteiger partial charge in [0.25, 0.3) is 0 Å². The SMILES string of the molecule is C[C@@H](NCC1CCN(C(=O)Nc2ccc(C(=O)O)cc2Cl)CC1c1ccccc1)c1cccc2ccccc12.Cl. The number of hydrogen-bond donors (Lipinski definition) is 3. The molecule has 208 valence electrons. The van der Waals surface area contributed by atoms with E-state index in [1.807, 2.05) is 23.1 Å². The van der Waals surface area contributed by atoms with Gasteiger partial charge in [0, 0.05) is 25.0 Å². The Morgan fingerprint density at radius 2 is 1.73 bits per heavy atom. The molecule has 0 radical (unpaired) electrons. The molecule has 1 aliphatic rings. The molecule has 2 unspecified atom stereocenters. The summed E-state index contributed by atoms with van der Waals surface area (Å²) >= 11 is 6.26. The van der Waals surface area contributed by atoms with Gasteiger partial charge in [0.1, 0.15) is 0 Å². The van der Waals surface area contributed by atoms with Crippen molar-refractivity contribution in [1.82, 2.24) is 10.2 Å². The number of fused-ring (bicyclic) bond motifs is 1. The highest BCUT2D eigenvalue weighted by atomic mass is 35.5. The molecule has 1 fully saturated rings. The van der Waals surface area contributed by atoms with Gasteiger partial charge < -0.3 is 20.6 Å². The normalized spacial score (nSPS) is 17.6. The third kappa shape index (κ3) is 6.58. The number of hydrogen-bond acceptors (Lipinski definition) is 3. The summed E-state index contributed by atoms with van der Waals surface area (Å²) < 4.78 is 0.